The number of likely N-dealkylation sites (tertiary alicyclic amines) is 1. The van der Waals surface area contributed by atoms with Crippen LogP contribution in [0, 0.1) is 19.3 Å². The molecule has 222 valence electrons. The van der Waals surface area contributed by atoms with Gasteiger partial charge in [0.1, 0.15) is 34.5 Å². The van der Waals surface area contributed by atoms with Crippen LogP contribution in [-0.4, -0.2) is 81.1 Å². The number of aryl methyl sites for hydroxylation is 2. The first-order chi connectivity index (χ1) is 20.5. The Bertz CT molecular complexity index is 1790. The van der Waals surface area contributed by atoms with E-state index in [2.05, 4.69) is 46.3 Å². The Morgan fingerprint density at radius 3 is 2.53 bits per heavy atom. The number of aliphatic hydroxyl groups excluding tert-OH is 2. The van der Waals surface area contributed by atoms with Crippen LogP contribution in [0.15, 0.2) is 35.2 Å². The first-order valence-electron chi connectivity index (χ1n) is 13.7. The van der Waals surface area contributed by atoms with Crippen LogP contribution in [0.3, 0.4) is 0 Å². The van der Waals surface area contributed by atoms with Crippen molar-refractivity contribution in [2.75, 3.05) is 11.9 Å². The number of aliphatic hydroxyl groups is 2. The van der Waals surface area contributed by atoms with Crippen LogP contribution >= 0.6 is 15.9 Å². The number of hydrogen-bond donors (Lipinski definition) is 3. The summed E-state index contributed by atoms with van der Waals surface area (Å²) in [5.74, 6) is -0.172. The highest BCUT2D eigenvalue weighted by Gasteiger charge is 2.67. The molecule has 0 spiro atoms. The maximum absolute atomic E-state index is 13.9. The normalized spacial score (nSPS) is 20.7. The second-order valence-corrected chi connectivity index (χ2v) is 12.0. The predicted molar refractivity (Wildman–Crippen MR) is 158 cm³/mol. The number of carbonyl (C=O) groups excluding carboxylic acids is 3. The second kappa shape index (κ2) is 10.8. The molecule has 0 aromatic carbocycles. The number of piperidine rings is 1. The molecule has 5 heterocycles. The maximum Gasteiger partial charge on any atom is 0.248 e. The monoisotopic (exact) mass is 648 g/mol. The summed E-state index contributed by atoms with van der Waals surface area (Å²) in [5, 5.41) is 28.2. The molecule has 1 saturated carbocycles. The fourth-order valence-electron chi connectivity index (χ4n) is 5.92. The van der Waals surface area contributed by atoms with Gasteiger partial charge in [0.15, 0.2) is 5.78 Å². The molecule has 3 N–H and O–H groups in total. The quantitative estimate of drug-likeness (QED) is 0.190. The fraction of sp³-hybridized carbons (Fsp3) is 0.379. The van der Waals surface area contributed by atoms with Gasteiger partial charge in [0, 0.05) is 41.7 Å². The molecular weight excluding hydrogens is 620 g/mol. The predicted octanol–water partition coefficient (Wildman–Crippen LogP) is 2.35. The van der Waals surface area contributed by atoms with Gasteiger partial charge in [-0.05, 0) is 60.3 Å². The van der Waals surface area contributed by atoms with E-state index < -0.39 is 29.9 Å². The first-order valence-corrected chi connectivity index (χ1v) is 14.5. The molecule has 43 heavy (non-hydrogen) atoms. The Labute approximate surface area is 254 Å². The van der Waals surface area contributed by atoms with Crippen molar-refractivity contribution in [3.63, 3.8) is 0 Å². The number of rotatable bonds is 8. The van der Waals surface area contributed by atoms with Gasteiger partial charge in [-0.1, -0.05) is 6.07 Å². The van der Waals surface area contributed by atoms with E-state index in [4.69, 9.17) is 0 Å². The smallest absolute Gasteiger partial charge is 0.248 e. The Morgan fingerprint density at radius 1 is 1.12 bits per heavy atom. The Balaban J connectivity index is 1.35. The molecule has 0 bridgehead atoms. The number of nitrogens with one attached hydrogen (secondary N) is 1. The molecule has 2 fully saturated rings. The lowest BCUT2D eigenvalue weighted by Gasteiger charge is -2.27. The SMILES string of the molecule is CC(=O)c1nn(CC(=O)N2[C@H](C(=O)Nc3nc(Br)ccc3C)C[C@@]3(CO)C[C@@H]23)c2c(CO)nc(-c3cnc(C)nc3)cc12. The third kappa shape index (κ3) is 5.08. The zero-order valence-electron chi connectivity index (χ0n) is 23.7. The number of amides is 2. The van der Waals surface area contributed by atoms with E-state index in [9.17, 15) is 24.6 Å². The van der Waals surface area contributed by atoms with Crippen LogP contribution < -0.4 is 5.32 Å². The van der Waals surface area contributed by atoms with Crippen molar-refractivity contribution in [2.45, 2.75) is 58.8 Å². The molecule has 3 atom stereocenters. The number of anilines is 1. The first kappa shape index (κ1) is 29.0. The Hall–Kier alpha value is -4.14. The van der Waals surface area contributed by atoms with Gasteiger partial charge < -0.3 is 20.4 Å². The number of ketones is 1. The van der Waals surface area contributed by atoms with Crippen molar-refractivity contribution in [3.05, 3.63) is 58.0 Å². The number of halogens is 1. The summed E-state index contributed by atoms with van der Waals surface area (Å²) in [6, 6.07) is 4.11. The molecular formula is C29H29BrN8O5. The molecule has 14 heteroatoms. The summed E-state index contributed by atoms with van der Waals surface area (Å²) in [5.41, 5.74) is 1.95. The number of nitrogens with zero attached hydrogens (tertiary/aromatic N) is 7. The van der Waals surface area contributed by atoms with Crippen LogP contribution in [0.4, 0.5) is 5.82 Å². The van der Waals surface area contributed by atoms with E-state index in [1.54, 1.807) is 31.5 Å². The van der Waals surface area contributed by atoms with E-state index in [0.717, 1.165) is 5.56 Å². The highest BCUT2D eigenvalue weighted by atomic mass is 79.9. The molecule has 2 amide bonds. The molecule has 6 rings (SSSR count). The highest BCUT2D eigenvalue weighted by Crippen LogP contribution is 2.59. The van der Waals surface area contributed by atoms with Crippen molar-refractivity contribution in [1.29, 1.82) is 0 Å². The van der Waals surface area contributed by atoms with Gasteiger partial charge in [0.2, 0.25) is 11.8 Å². The average molecular weight is 650 g/mol. The van der Waals surface area contributed by atoms with Crippen LogP contribution in [0.25, 0.3) is 22.2 Å². The maximum atomic E-state index is 13.9. The lowest BCUT2D eigenvalue weighted by atomic mass is 10.0. The minimum atomic E-state index is -0.837. The fourth-order valence-corrected chi connectivity index (χ4v) is 6.23. The van der Waals surface area contributed by atoms with Gasteiger partial charge in [0.05, 0.1) is 30.1 Å². The summed E-state index contributed by atoms with van der Waals surface area (Å²) < 4.78 is 1.92. The largest absolute Gasteiger partial charge is 0.396 e. The van der Waals surface area contributed by atoms with E-state index in [1.165, 1.54) is 16.5 Å². The van der Waals surface area contributed by atoms with Gasteiger partial charge in [0.25, 0.3) is 0 Å². The van der Waals surface area contributed by atoms with Gasteiger partial charge in [-0.3, -0.25) is 19.1 Å². The molecule has 1 aliphatic carbocycles. The number of carbonyl (C=O) groups is 3. The number of aromatic nitrogens is 6. The third-order valence-electron chi connectivity index (χ3n) is 8.27. The van der Waals surface area contributed by atoms with Crippen molar-refractivity contribution >= 4 is 50.2 Å². The molecule has 0 radical (unpaired) electrons. The van der Waals surface area contributed by atoms with Crippen molar-refractivity contribution in [2.24, 2.45) is 5.41 Å². The zero-order valence-corrected chi connectivity index (χ0v) is 25.3. The van der Waals surface area contributed by atoms with Crippen LogP contribution in [-0.2, 0) is 22.7 Å². The van der Waals surface area contributed by atoms with Gasteiger partial charge in [-0.15, -0.1) is 0 Å². The minimum absolute atomic E-state index is 0.122. The molecule has 13 nitrogen and oxygen atoms in total. The summed E-state index contributed by atoms with van der Waals surface area (Å²) in [6.07, 6.45) is 4.09. The van der Waals surface area contributed by atoms with Gasteiger partial charge >= 0.3 is 0 Å². The van der Waals surface area contributed by atoms with Gasteiger partial charge in [-0.2, -0.15) is 5.10 Å². The van der Waals surface area contributed by atoms with E-state index >= 15 is 0 Å². The van der Waals surface area contributed by atoms with Crippen LogP contribution in [0.1, 0.15) is 47.3 Å². The summed E-state index contributed by atoms with van der Waals surface area (Å²) in [7, 11) is 0. The summed E-state index contributed by atoms with van der Waals surface area (Å²) >= 11 is 3.32. The van der Waals surface area contributed by atoms with Crippen molar-refractivity contribution < 1.29 is 24.6 Å². The number of fused-ring (bicyclic) bond motifs is 2. The number of hydrogen-bond acceptors (Lipinski definition) is 10. The number of Topliss-reactive ketones (excluding diaryl/α,β-unsaturated/α-hetero) is 1. The molecule has 4 aromatic rings. The lowest BCUT2D eigenvalue weighted by molar-refractivity contribution is -0.138. The molecule has 2 aliphatic rings. The third-order valence-corrected chi connectivity index (χ3v) is 8.71. The van der Waals surface area contributed by atoms with E-state index in [-0.39, 0.29) is 36.4 Å². The van der Waals surface area contributed by atoms with Crippen LogP contribution in [0.5, 0.6) is 0 Å². The molecule has 1 saturated heterocycles. The number of pyridine rings is 2. The van der Waals surface area contributed by atoms with Crippen molar-refractivity contribution in [1.82, 2.24) is 34.6 Å². The molecule has 4 aromatic heterocycles. The molecule has 0 unspecified atom stereocenters. The van der Waals surface area contributed by atoms with Crippen molar-refractivity contribution in [3.8, 4) is 11.3 Å². The topological polar surface area (TPSA) is 176 Å². The van der Waals surface area contributed by atoms with E-state index in [0.29, 0.717) is 51.2 Å². The summed E-state index contributed by atoms with van der Waals surface area (Å²) in [6.45, 7) is 4.02. The standard InChI is InChI=1S/C29H29BrN8O5/c1-14-4-5-23(30)34-27(14)35-28(43)21-7-29(13-40)8-22(29)38(21)24(42)11-37-26-18(25(36-37)15(2)41)6-19(33-20(26)12-39)17-9-31-16(3)32-10-17/h4-6,9-10,21-22,39-40H,7-8,11-13H2,1-3H3,(H,34,35,43)/t21-,22+,29-/m0/s1. The Morgan fingerprint density at radius 2 is 1.86 bits per heavy atom. The highest BCUT2D eigenvalue weighted by molar-refractivity contribution is 9.10. The van der Waals surface area contributed by atoms with Gasteiger partial charge in [-0.25, -0.2) is 19.9 Å². The molecule has 1 aliphatic heterocycles. The minimum Gasteiger partial charge on any atom is -0.396 e. The summed E-state index contributed by atoms with van der Waals surface area (Å²) in [4.78, 5) is 58.9. The Kier molecular flexibility index (Phi) is 7.30. The lowest BCUT2D eigenvalue weighted by Crippen LogP contribution is -2.47. The zero-order chi connectivity index (χ0) is 30.6. The average Bonchev–Trinajstić information content (AvgIpc) is 3.41. The second-order valence-electron chi connectivity index (χ2n) is 11.1. The van der Waals surface area contributed by atoms with E-state index in [1.807, 2.05) is 13.0 Å². The van der Waals surface area contributed by atoms with Crippen LogP contribution in [0.2, 0.25) is 0 Å².